The zero-order valence-electron chi connectivity index (χ0n) is 8.55. The Morgan fingerprint density at radius 2 is 1.83 bits per heavy atom. The van der Waals surface area contributed by atoms with Gasteiger partial charge in [-0.2, -0.15) is 0 Å². The number of rotatable bonds is 7. The van der Waals surface area contributed by atoms with Crippen molar-refractivity contribution in [1.29, 1.82) is 0 Å². The average molecular weight is 174 g/mol. The van der Waals surface area contributed by atoms with Gasteiger partial charge in [0.2, 0.25) is 0 Å². The number of hydrogen-bond acceptors (Lipinski definition) is 2. The largest absolute Gasteiger partial charge is 0.368 e. The standard InChI is InChI=1S/C10H22O2/c1-4-5-6-7-8-9(2)12-10(3)11/h9-11H,4-8H2,1-3H3. The molecule has 74 valence electrons. The lowest BCUT2D eigenvalue weighted by molar-refractivity contribution is -0.120. The van der Waals surface area contributed by atoms with Crippen molar-refractivity contribution in [3.8, 4) is 0 Å². The van der Waals surface area contributed by atoms with Gasteiger partial charge in [0, 0.05) is 0 Å². The van der Waals surface area contributed by atoms with Crippen LogP contribution in [0.3, 0.4) is 0 Å². The van der Waals surface area contributed by atoms with E-state index in [1.54, 1.807) is 6.92 Å². The van der Waals surface area contributed by atoms with Crippen LogP contribution in [0.4, 0.5) is 0 Å². The molecule has 0 aliphatic carbocycles. The van der Waals surface area contributed by atoms with Crippen molar-refractivity contribution >= 4 is 0 Å². The molecular weight excluding hydrogens is 152 g/mol. The van der Waals surface area contributed by atoms with Crippen molar-refractivity contribution in [3.05, 3.63) is 0 Å². The van der Waals surface area contributed by atoms with Crippen LogP contribution in [0.1, 0.15) is 52.9 Å². The molecule has 2 atom stereocenters. The molecule has 0 aliphatic rings. The Hall–Kier alpha value is -0.0800. The van der Waals surface area contributed by atoms with Crippen molar-refractivity contribution in [2.75, 3.05) is 0 Å². The van der Waals surface area contributed by atoms with Gasteiger partial charge in [0.25, 0.3) is 0 Å². The van der Waals surface area contributed by atoms with Gasteiger partial charge < -0.3 is 9.84 Å². The highest BCUT2D eigenvalue weighted by Gasteiger charge is 2.04. The normalized spacial score (nSPS) is 16.0. The Balaban J connectivity index is 3.14. The summed E-state index contributed by atoms with van der Waals surface area (Å²) in [6.45, 7) is 5.87. The van der Waals surface area contributed by atoms with Crippen LogP contribution in [0.15, 0.2) is 0 Å². The van der Waals surface area contributed by atoms with Gasteiger partial charge in [-0.15, -0.1) is 0 Å². The van der Waals surface area contributed by atoms with Gasteiger partial charge >= 0.3 is 0 Å². The summed E-state index contributed by atoms with van der Waals surface area (Å²) in [7, 11) is 0. The van der Waals surface area contributed by atoms with Crippen LogP contribution in [-0.2, 0) is 4.74 Å². The molecule has 0 heterocycles. The van der Waals surface area contributed by atoms with Gasteiger partial charge in [0.1, 0.15) is 0 Å². The molecule has 1 N–H and O–H groups in total. The topological polar surface area (TPSA) is 29.5 Å². The van der Waals surface area contributed by atoms with Gasteiger partial charge in [-0.05, 0) is 20.3 Å². The maximum absolute atomic E-state index is 8.90. The molecule has 0 amide bonds. The summed E-state index contributed by atoms with van der Waals surface area (Å²) < 4.78 is 5.19. The molecule has 0 aromatic carbocycles. The van der Waals surface area contributed by atoms with Crippen LogP contribution in [0, 0.1) is 0 Å². The van der Waals surface area contributed by atoms with E-state index in [0.29, 0.717) is 0 Å². The second-order valence-corrected chi connectivity index (χ2v) is 3.40. The van der Waals surface area contributed by atoms with E-state index >= 15 is 0 Å². The smallest absolute Gasteiger partial charge is 0.152 e. The lowest BCUT2D eigenvalue weighted by Crippen LogP contribution is -2.16. The molecule has 0 aliphatic heterocycles. The van der Waals surface area contributed by atoms with Crippen LogP contribution in [0.25, 0.3) is 0 Å². The summed E-state index contributed by atoms with van der Waals surface area (Å²) in [6, 6.07) is 0. The van der Waals surface area contributed by atoms with E-state index in [9.17, 15) is 0 Å². The first-order valence-corrected chi connectivity index (χ1v) is 5.00. The van der Waals surface area contributed by atoms with Crippen LogP contribution in [-0.4, -0.2) is 17.5 Å². The van der Waals surface area contributed by atoms with Gasteiger partial charge in [-0.3, -0.25) is 0 Å². The maximum atomic E-state index is 8.90. The van der Waals surface area contributed by atoms with Gasteiger partial charge in [-0.1, -0.05) is 32.6 Å². The predicted octanol–water partition coefficient (Wildman–Crippen LogP) is 2.70. The van der Waals surface area contributed by atoms with Gasteiger partial charge in [0.05, 0.1) is 6.10 Å². The summed E-state index contributed by atoms with van der Waals surface area (Å²) >= 11 is 0. The molecular formula is C10H22O2. The lowest BCUT2D eigenvalue weighted by Gasteiger charge is -2.14. The minimum atomic E-state index is -0.619. The first kappa shape index (κ1) is 11.9. The first-order chi connectivity index (χ1) is 5.66. The first-order valence-electron chi connectivity index (χ1n) is 5.00. The fourth-order valence-electron chi connectivity index (χ4n) is 1.26. The van der Waals surface area contributed by atoms with Crippen molar-refractivity contribution in [2.24, 2.45) is 0 Å². The monoisotopic (exact) mass is 174 g/mol. The molecule has 0 fully saturated rings. The molecule has 2 unspecified atom stereocenters. The zero-order chi connectivity index (χ0) is 9.40. The minimum absolute atomic E-state index is 0.196. The third-order valence-corrected chi connectivity index (χ3v) is 1.89. The number of aliphatic hydroxyl groups is 1. The molecule has 0 radical (unpaired) electrons. The van der Waals surface area contributed by atoms with Crippen LogP contribution >= 0.6 is 0 Å². The molecule has 0 spiro atoms. The van der Waals surface area contributed by atoms with E-state index in [1.807, 2.05) is 6.92 Å². The molecule has 12 heavy (non-hydrogen) atoms. The summed E-state index contributed by atoms with van der Waals surface area (Å²) in [5.41, 5.74) is 0. The predicted molar refractivity (Wildman–Crippen MR) is 51.0 cm³/mol. The van der Waals surface area contributed by atoms with E-state index in [2.05, 4.69) is 6.92 Å². The van der Waals surface area contributed by atoms with Gasteiger partial charge in [0.15, 0.2) is 6.29 Å². The summed E-state index contributed by atoms with van der Waals surface area (Å²) in [5.74, 6) is 0. The molecule has 0 aromatic rings. The van der Waals surface area contributed by atoms with Crippen molar-refractivity contribution in [3.63, 3.8) is 0 Å². The molecule has 0 rings (SSSR count). The Labute approximate surface area is 75.9 Å². The molecule has 0 saturated carbocycles. The Bertz CT molecular complexity index is 91.8. The Morgan fingerprint density at radius 3 is 2.33 bits per heavy atom. The highest BCUT2D eigenvalue weighted by molar-refractivity contribution is 4.51. The highest BCUT2D eigenvalue weighted by Crippen LogP contribution is 2.08. The SMILES string of the molecule is CCCCCCC(C)OC(C)O. The lowest BCUT2D eigenvalue weighted by atomic mass is 10.1. The fraction of sp³-hybridized carbons (Fsp3) is 1.00. The quantitative estimate of drug-likeness (QED) is 0.475. The molecule has 0 bridgehead atoms. The van der Waals surface area contributed by atoms with E-state index in [-0.39, 0.29) is 6.10 Å². The van der Waals surface area contributed by atoms with Crippen molar-refractivity contribution < 1.29 is 9.84 Å². The van der Waals surface area contributed by atoms with Crippen molar-refractivity contribution in [2.45, 2.75) is 65.3 Å². The van der Waals surface area contributed by atoms with Crippen LogP contribution in [0.5, 0.6) is 0 Å². The second kappa shape index (κ2) is 7.56. The third-order valence-electron chi connectivity index (χ3n) is 1.89. The average Bonchev–Trinajstić information content (AvgIpc) is 1.97. The van der Waals surface area contributed by atoms with Crippen LogP contribution in [0.2, 0.25) is 0 Å². The summed E-state index contributed by atoms with van der Waals surface area (Å²) in [4.78, 5) is 0. The van der Waals surface area contributed by atoms with E-state index in [4.69, 9.17) is 9.84 Å². The number of aliphatic hydroxyl groups excluding tert-OH is 1. The third kappa shape index (κ3) is 8.02. The number of hydrogen-bond donors (Lipinski definition) is 1. The van der Waals surface area contributed by atoms with E-state index in [0.717, 1.165) is 6.42 Å². The van der Waals surface area contributed by atoms with Crippen LogP contribution < -0.4 is 0 Å². The van der Waals surface area contributed by atoms with E-state index < -0.39 is 6.29 Å². The summed E-state index contributed by atoms with van der Waals surface area (Å²) in [5, 5.41) is 8.90. The van der Waals surface area contributed by atoms with E-state index in [1.165, 1.54) is 25.7 Å². The Kier molecular flexibility index (Phi) is 7.51. The minimum Gasteiger partial charge on any atom is -0.368 e. The molecule has 2 heteroatoms. The maximum Gasteiger partial charge on any atom is 0.152 e. The second-order valence-electron chi connectivity index (χ2n) is 3.40. The highest BCUT2D eigenvalue weighted by atomic mass is 16.6. The molecule has 0 aromatic heterocycles. The summed E-state index contributed by atoms with van der Waals surface area (Å²) in [6.07, 6.45) is 5.71. The number of ether oxygens (including phenoxy) is 1. The Morgan fingerprint density at radius 1 is 1.17 bits per heavy atom. The molecule has 2 nitrogen and oxygen atoms in total. The fourth-order valence-corrected chi connectivity index (χ4v) is 1.26. The zero-order valence-corrected chi connectivity index (χ0v) is 8.55. The van der Waals surface area contributed by atoms with Gasteiger partial charge in [-0.25, -0.2) is 0 Å². The van der Waals surface area contributed by atoms with Crippen molar-refractivity contribution in [1.82, 2.24) is 0 Å². The molecule has 0 saturated heterocycles. The number of unbranched alkanes of at least 4 members (excludes halogenated alkanes) is 3.